The fraction of sp³-hybridized carbons (Fsp3) is 0.143. The molecule has 0 saturated heterocycles. The predicted molar refractivity (Wildman–Crippen MR) is 100 cm³/mol. The molecular weight excluding hydrogens is 308 g/mol. The molecule has 2 aromatic heterocycles. The van der Waals surface area contributed by atoms with Gasteiger partial charge in [-0.1, -0.05) is 36.1 Å². The minimum atomic E-state index is 0.668. The molecule has 0 saturated carbocycles. The molecule has 0 aliphatic rings. The second-order valence-corrected chi connectivity index (χ2v) is 5.54. The van der Waals surface area contributed by atoms with E-state index < -0.39 is 0 Å². The molecule has 25 heavy (non-hydrogen) atoms. The first-order chi connectivity index (χ1) is 12.4. The van der Waals surface area contributed by atoms with E-state index in [4.69, 9.17) is 0 Å². The molecule has 124 valence electrons. The lowest BCUT2D eigenvalue weighted by molar-refractivity contribution is 0.326. The topological polar surface area (TPSA) is 34.0 Å². The number of hydrogen-bond donors (Lipinski definition) is 0. The minimum absolute atomic E-state index is 0.668. The molecular formula is C21H20N4. The first kappa shape index (κ1) is 16.7. The van der Waals surface area contributed by atoms with Crippen LogP contribution in [0.25, 0.3) is 5.95 Å². The third kappa shape index (κ3) is 4.66. The molecule has 1 aromatic carbocycles. The van der Waals surface area contributed by atoms with Gasteiger partial charge in [0.2, 0.25) is 5.95 Å². The van der Waals surface area contributed by atoms with Crippen molar-refractivity contribution >= 4 is 0 Å². The van der Waals surface area contributed by atoms with E-state index in [-0.39, 0.29) is 0 Å². The molecule has 0 aliphatic heterocycles. The molecule has 0 fully saturated rings. The van der Waals surface area contributed by atoms with E-state index in [0.717, 1.165) is 24.3 Å². The molecule has 2 heterocycles. The van der Waals surface area contributed by atoms with Gasteiger partial charge in [-0.05, 0) is 30.3 Å². The zero-order valence-electron chi connectivity index (χ0n) is 14.0. The fourth-order valence-electron chi connectivity index (χ4n) is 2.53. The van der Waals surface area contributed by atoms with Crippen LogP contribution in [0.4, 0.5) is 0 Å². The zero-order valence-corrected chi connectivity index (χ0v) is 14.0. The van der Waals surface area contributed by atoms with E-state index >= 15 is 0 Å². The van der Waals surface area contributed by atoms with Gasteiger partial charge < -0.3 is 0 Å². The molecule has 0 aliphatic carbocycles. The Morgan fingerprint density at radius 3 is 2.60 bits per heavy atom. The van der Waals surface area contributed by atoms with Gasteiger partial charge in [-0.15, -0.1) is 6.58 Å². The van der Waals surface area contributed by atoms with Crippen LogP contribution in [0.3, 0.4) is 0 Å². The lowest BCUT2D eigenvalue weighted by Gasteiger charge is -2.18. The van der Waals surface area contributed by atoms with Gasteiger partial charge >= 0.3 is 0 Å². The lowest BCUT2D eigenvalue weighted by Crippen LogP contribution is -2.25. The van der Waals surface area contributed by atoms with E-state index in [1.54, 1.807) is 12.4 Å². The lowest BCUT2D eigenvalue weighted by atomic mass is 10.2. The number of nitrogens with zero attached hydrogens (tertiary/aromatic N) is 4. The summed E-state index contributed by atoms with van der Waals surface area (Å²) >= 11 is 0. The van der Waals surface area contributed by atoms with Crippen molar-refractivity contribution in [1.29, 1.82) is 0 Å². The predicted octanol–water partition coefficient (Wildman–Crippen LogP) is 3.31. The van der Waals surface area contributed by atoms with Gasteiger partial charge in [0.25, 0.3) is 0 Å². The summed E-state index contributed by atoms with van der Waals surface area (Å²) in [6.45, 7) is 6.04. The third-order valence-electron chi connectivity index (χ3n) is 3.68. The molecule has 0 spiro atoms. The highest BCUT2D eigenvalue weighted by Gasteiger charge is 2.09. The van der Waals surface area contributed by atoms with Crippen LogP contribution in [0.15, 0.2) is 79.8 Å². The average molecular weight is 328 g/mol. The Hall–Kier alpha value is -3.16. The second kappa shape index (κ2) is 8.62. The standard InChI is InChI=1S/C21H20N4/c1-2-15-24(16-6-11-19-9-4-3-5-10-19)18-20-12-7-17-25(20)21-22-13-8-14-23-21/h2-5,7-10,12-14,17H,1,15-16,18H2. The third-order valence-corrected chi connectivity index (χ3v) is 3.68. The van der Waals surface area contributed by atoms with Gasteiger partial charge in [0.15, 0.2) is 0 Å². The van der Waals surface area contributed by atoms with Crippen LogP contribution in [0.1, 0.15) is 11.3 Å². The van der Waals surface area contributed by atoms with E-state index in [2.05, 4.69) is 39.4 Å². The van der Waals surface area contributed by atoms with Crippen molar-refractivity contribution in [3.8, 4) is 17.8 Å². The van der Waals surface area contributed by atoms with Gasteiger partial charge in [0, 0.05) is 42.9 Å². The van der Waals surface area contributed by atoms with Gasteiger partial charge in [-0.3, -0.25) is 9.47 Å². The first-order valence-corrected chi connectivity index (χ1v) is 8.17. The molecule has 4 nitrogen and oxygen atoms in total. The van der Waals surface area contributed by atoms with Gasteiger partial charge in [0.1, 0.15) is 0 Å². The highest BCUT2D eigenvalue weighted by Crippen LogP contribution is 2.10. The molecule has 0 unspecified atom stereocenters. The summed E-state index contributed by atoms with van der Waals surface area (Å²) in [5.41, 5.74) is 2.15. The minimum Gasteiger partial charge on any atom is -0.288 e. The number of aromatic nitrogens is 3. The molecule has 0 bridgehead atoms. The van der Waals surface area contributed by atoms with E-state index in [0.29, 0.717) is 12.5 Å². The highest BCUT2D eigenvalue weighted by molar-refractivity contribution is 5.33. The summed E-state index contributed by atoms with van der Waals surface area (Å²) in [7, 11) is 0. The Morgan fingerprint density at radius 1 is 1.04 bits per heavy atom. The van der Waals surface area contributed by atoms with Crippen LogP contribution in [0.2, 0.25) is 0 Å². The Morgan fingerprint density at radius 2 is 1.84 bits per heavy atom. The average Bonchev–Trinajstić information content (AvgIpc) is 3.12. The summed E-state index contributed by atoms with van der Waals surface area (Å²) in [4.78, 5) is 10.9. The van der Waals surface area contributed by atoms with Crippen molar-refractivity contribution in [2.75, 3.05) is 13.1 Å². The molecule has 0 atom stereocenters. The molecule has 3 aromatic rings. The van der Waals surface area contributed by atoms with Gasteiger partial charge in [-0.2, -0.15) is 0 Å². The maximum Gasteiger partial charge on any atom is 0.233 e. The smallest absolute Gasteiger partial charge is 0.233 e. The fourth-order valence-corrected chi connectivity index (χ4v) is 2.53. The quantitative estimate of drug-likeness (QED) is 0.514. The van der Waals surface area contributed by atoms with Crippen molar-refractivity contribution in [3.05, 3.63) is 91.0 Å². The van der Waals surface area contributed by atoms with Crippen LogP contribution < -0.4 is 0 Å². The number of rotatable bonds is 6. The monoisotopic (exact) mass is 328 g/mol. The van der Waals surface area contributed by atoms with Crippen LogP contribution in [-0.2, 0) is 6.54 Å². The van der Waals surface area contributed by atoms with E-state index in [1.165, 1.54) is 0 Å². The van der Waals surface area contributed by atoms with Gasteiger partial charge in [0.05, 0.1) is 6.54 Å². The van der Waals surface area contributed by atoms with Crippen molar-refractivity contribution < 1.29 is 0 Å². The summed E-state index contributed by atoms with van der Waals surface area (Å²) < 4.78 is 2.00. The van der Waals surface area contributed by atoms with Crippen molar-refractivity contribution in [1.82, 2.24) is 19.4 Å². The largest absolute Gasteiger partial charge is 0.288 e. The van der Waals surface area contributed by atoms with Crippen molar-refractivity contribution in [2.24, 2.45) is 0 Å². The molecule has 0 amide bonds. The molecule has 0 radical (unpaired) electrons. The second-order valence-electron chi connectivity index (χ2n) is 5.54. The van der Waals surface area contributed by atoms with Crippen LogP contribution >= 0.6 is 0 Å². The maximum atomic E-state index is 4.32. The molecule has 0 N–H and O–H groups in total. The SMILES string of the molecule is C=CCN(CC#Cc1ccccc1)Cc1cccn1-c1ncccn1. The molecule has 4 heteroatoms. The normalized spacial score (nSPS) is 10.3. The zero-order chi connectivity index (χ0) is 17.3. The van der Waals surface area contributed by atoms with Crippen LogP contribution in [-0.4, -0.2) is 32.5 Å². The van der Waals surface area contributed by atoms with E-state index in [9.17, 15) is 0 Å². The first-order valence-electron chi connectivity index (χ1n) is 8.17. The summed E-state index contributed by atoms with van der Waals surface area (Å²) in [6.07, 6.45) is 7.38. The molecule has 3 rings (SSSR count). The number of hydrogen-bond acceptors (Lipinski definition) is 3. The van der Waals surface area contributed by atoms with Crippen LogP contribution in [0.5, 0.6) is 0 Å². The van der Waals surface area contributed by atoms with Crippen molar-refractivity contribution in [3.63, 3.8) is 0 Å². The Balaban J connectivity index is 1.72. The maximum absolute atomic E-state index is 4.32. The Bertz CT molecular complexity index is 857. The Labute approximate surface area is 148 Å². The van der Waals surface area contributed by atoms with Crippen molar-refractivity contribution in [2.45, 2.75) is 6.54 Å². The van der Waals surface area contributed by atoms with E-state index in [1.807, 2.05) is 59.3 Å². The van der Waals surface area contributed by atoms with Crippen LogP contribution in [0, 0.1) is 11.8 Å². The number of benzene rings is 1. The summed E-state index contributed by atoms with van der Waals surface area (Å²) in [5.74, 6) is 7.13. The summed E-state index contributed by atoms with van der Waals surface area (Å²) in [5, 5.41) is 0. The summed E-state index contributed by atoms with van der Waals surface area (Å²) in [6, 6.07) is 15.9. The Kier molecular flexibility index (Phi) is 5.76. The van der Waals surface area contributed by atoms with Gasteiger partial charge in [-0.25, -0.2) is 9.97 Å². The highest BCUT2D eigenvalue weighted by atomic mass is 15.2.